The number of amides is 3. The van der Waals surface area contributed by atoms with Crippen molar-refractivity contribution >= 4 is 35.6 Å². The molecule has 0 bridgehead atoms. The molecule has 0 saturated carbocycles. The highest BCUT2D eigenvalue weighted by Gasteiger charge is 2.27. The first kappa shape index (κ1) is 34.7. The predicted octanol–water partition coefficient (Wildman–Crippen LogP) is 4.22. The number of nitrogens with one attached hydrogen (secondary N) is 3. The van der Waals surface area contributed by atoms with Crippen molar-refractivity contribution in [1.82, 2.24) is 29.7 Å². The smallest absolute Gasteiger partial charge is 0.229 e. The molecule has 0 aromatic carbocycles. The van der Waals surface area contributed by atoms with Crippen LogP contribution in [0.4, 0.5) is 17.8 Å². The molecule has 12 nitrogen and oxygen atoms in total. The second-order valence-corrected chi connectivity index (χ2v) is 14.5. The zero-order chi connectivity index (χ0) is 32.5. The molecule has 45 heavy (non-hydrogen) atoms. The third-order valence-corrected chi connectivity index (χ3v) is 8.93. The number of nitrogens with zero attached hydrogens (tertiary/aromatic N) is 6. The summed E-state index contributed by atoms with van der Waals surface area (Å²) in [7, 11) is 0. The largest absolute Gasteiger partial charge is 0.351 e. The van der Waals surface area contributed by atoms with Gasteiger partial charge in [0.05, 0.1) is 0 Å². The lowest BCUT2D eigenvalue weighted by molar-refractivity contribution is -0.133. The van der Waals surface area contributed by atoms with Crippen LogP contribution in [-0.2, 0) is 14.4 Å². The summed E-state index contributed by atoms with van der Waals surface area (Å²) in [4.78, 5) is 57.9. The maximum atomic E-state index is 12.6. The molecule has 252 valence electrons. The van der Waals surface area contributed by atoms with Crippen LogP contribution in [0.25, 0.3) is 0 Å². The first-order valence-electron chi connectivity index (χ1n) is 17.3. The zero-order valence-corrected chi connectivity index (χ0v) is 28.5. The Morgan fingerprint density at radius 3 is 0.933 bits per heavy atom. The Hall–Kier alpha value is -3.18. The number of hydrogen-bond acceptors (Lipinski definition) is 9. The van der Waals surface area contributed by atoms with Crippen LogP contribution in [0, 0.1) is 17.8 Å². The van der Waals surface area contributed by atoms with Crippen molar-refractivity contribution in [3.05, 3.63) is 0 Å². The van der Waals surface area contributed by atoms with Gasteiger partial charge in [-0.3, -0.25) is 14.4 Å². The zero-order valence-electron chi connectivity index (χ0n) is 28.5. The van der Waals surface area contributed by atoms with Crippen LogP contribution in [0.15, 0.2) is 0 Å². The van der Waals surface area contributed by atoms with Gasteiger partial charge in [-0.1, -0.05) is 41.5 Å². The summed E-state index contributed by atoms with van der Waals surface area (Å²) in [5.41, 5.74) is 0. The molecule has 1 aromatic heterocycles. The van der Waals surface area contributed by atoms with Crippen molar-refractivity contribution in [3.8, 4) is 0 Å². The third-order valence-electron chi connectivity index (χ3n) is 8.93. The number of aromatic nitrogens is 3. The maximum absolute atomic E-state index is 12.6. The van der Waals surface area contributed by atoms with Crippen LogP contribution in [-0.4, -0.2) is 105 Å². The topological polar surface area (TPSA) is 136 Å². The summed E-state index contributed by atoms with van der Waals surface area (Å²) in [5.74, 6) is 3.34. The van der Waals surface area contributed by atoms with Crippen molar-refractivity contribution in [2.45, 2.75) is 117 Å². The van der Waals surface area contributed by atoms with Crippen molar-refractivity contribution < 1.29 is 14.4 Å². The third kappa shape index (κ3) is 11.0. The Morgan fingerprint density at radius 2 is 0.733 bits per heavy atom. The first-order chi connectivity index (χ1) is 21.4. The molecule has 4 heterocycles. The lowest BCUT2D eigenvalue weighted by Crippen LogP contribution is -2.43. The van der Waals surface area contributed by atoms with Gasteiger partial charge in [-0.2, -0.15) is 15.0 Å². The van der Waals surface area contributed by atoms with Crippen LogP contribution in [0.5, 0.6) is 0 Å². The van der Waals surface area contributed by atoms with Gasteiger partial charge in [-0.25, -0.2) is 0 Å². The van der Waals surface area contributed by atoms with Gasteiger partial charge in [0.25, 0.3) is 0 Å². The van der Waals surface area contributed by atoms with Crippen molar-refractivity contribution in [2.24, 2.45) is 17.8 Å². The minimum Gasteiger partial charge on any atom is -0.351 e. The van der Waals surface area contributed by atoms with Gasteiger partial charge in [-0.05, 0) is 56.3 Å². The van der Waals surface area contributed by atoms with Crippen molar-refractivity contribution in [3.63, 3.8) is 0 Å². The molecule has 4 rings (SSSR count). The minimum absolute atomic E-state index is 0.168. The molecule has 0 aliphatic carbocycles. The highest BCUT2D eigenvalue weighted by atomic mass is 16.2. The van der Waals surface area contributed by atoms with E-state index in [2.05, 4.69) is 57.5 Å². The average Bonchev–Trinajstić information content (AvgIpc) is 2.97. The molecule has 3 aliphatic heterocycles. The quantitative estimate of drug-likeness (QED) is 0.311. The fourth-order valence-electron chi connectivity index (χ4n) is 6.37. The van der Waals surface area contributed by atoms with E-state index in [4.69, 9.17) is 15.0 Å². The molecule has 3 amide bonds. The Bertz CT molecular complexity index is 970. The molecular formula is C33H57N9O3. The number of carbonyl (C=O) groups excluding carboxylic acids is 3. The summed E-state index contributed by atoms with van der Waals surface area (Å²) < 4.78 is 0. The van der Waals surface area contributed by atoms with Gasteiger partial charge in [0, 0.05) is 76.7 Å². The van der Waals surface area contributed by atoms with Crippen LogP contribution in [0.2, 0.25) is 0 Å². The first-order valence-corrected chi connectivity index (χ1v) is 17.3. The van der Waals surface area contributed by atoms with E-state index < -0.39 is 0 Å². The van der Waals surface area contributed by atoms with E-state index in [0.717, 1.165) is 77.8 Å². The highest BCUT2D eigenvalue weighted by Crippen LogP contribution is 2.22. The Labute approximate surface area is 269 Å². The minimum atomic E-state index is 0.168. The number of carbonyl (C=O) groups is 3. The summed E-state index contributed by atoms with van der Waals surface area (Å²) in [6.45, 7) is 16.8. The van der Waals surface area contributed by atoms with E-state index in [0.29, 0.717) is 54.9 Å². The second kappa shape index (κ2) is 16.4. The molecular weight excluding hydrogens is 570 g/mol. The van der Waals surface area contributed by atoms with Crippen molar-refractivity contribution in [2.75, 3.05) is 55.2 Å². The maximum Gasteiger partial charge on any atom is 0.229 e. The van der Waals surface area contributed by atoms with Gasteiger partial charge < -0.3 is 30.7 Å². The molecule has 0 unspecified atom stereocenters. The number of piperidine rings is 3. The van der Waals surface area contributed by atoms with E-state index in [-0.39, 0.29) is 35.8 Å². The lowest BCUT2D eigenvalue weighted by atomic mass is 10.0. The average molecular weight is 628 g/mol. The van der Waals surface area contributed by atoms with Crippen LogP contribution in [0.1, 0.15) is 99.3 Å². The van der Waals surface area contributed by atoms with Gasteiger partial charge in [0.15, 0.2) is 0 Å². The van der Waals surface area contributed by atoms with Gasteiger partial charge in [-0.15, -0.1) is 0 Å². The molecule has 3 saturated heterocycles. The number of rotatable bonds is 12. The lowest BCUT2D eigenvalue weighted by Gasteiger charge is -2.34. The molecule has 0 atom stereocenters. The molecule has 1 aromatic rings. The normalized spacial score (nSPS) is 19.0. The van der Waals surface area contributed by atoms with Gasteiger partial charge in [0.1, 0.15) is 0 Å². The van der Waals surface area contributed by atoms with Crippen LogP contribution < -0.4 is 16.0 Å². The standard InChI is InChI=1S/C33H57N9O3/c1-22(2)19-28(43)40-13-7-25(8-14-40)34-31-37-32(35-26-9-15-41(16-10-26)29(44)20-23(3)4)39-33(38-31)36-27-11-17-42(18-12-27)30(45)21-24(5)6/h22-27H,7-21H2,1-6H3,(H3,34,35,36,37,38,39). The molecule has 3 aliphatic rings. The second-order valence-electron chi connectivity index (χ2n) is 14.5. The monoisotopic (exact) mass is 627 g/mol. The highest BCUT2D eigenvalue weighted by molar-refractivity contribution is 5.77. The Kier molecular flexibility index (Phi) is 12.6. The predicted molar refractivity (Wildman–Crippen MR) is 178 cm³/mol. The summed E-state index contributed by atoms with van der Waals surface area (Å²) in [6, 6.07) is 0.504. The molecule has 12 heteroatoms. The van der Waals surface area contributed by atoms with E-state index in [1.807, 2.05) is 14.7 Å². The molecule has 0 radical (unpaired) electrons. The summed E-state index contributed by atoms with van der Waals surface area (Å²) in [6.07, 6.45) is 6.81. The van der Waals surface area contributed by atoms with E-state index in [1.165, 1.54) is 0 Å². The summed E-state index contributed by atoms with van der Waals surface area (Å²) in [5, 5.41) is 10.6. The molecule has 3 fully saturated rings. The van der Waals surface area contributed by atoms with E-state index in [9.17, 15) is 14.4 Å². The molecule has 0 spiro atoms. The van der Waals surface area contributed by atoms with Crippen LogP contribution >= 0.6 is 0 Å². The van der Waals surface area contributed by atoms with Crippen molar-refractivity contribution in [1.29, 1.82) is 0 Å². The fourth-order valence-corrected chi connectivity index (χ4v) is 6.37. The van der Waals surface area contributed by atoms with E-state index in [1.54, 1.807) is 0 Å². The summed E-state index contributed by atoms with van der Waals surface area (Å²) >= 11 is 0. The SMILES string of the molecule is CC(C)CC(=O)N1CCC(Nc2nc(NC3CCN(C(=O)CC(C)C)CC3)nc(NC3CCN(C(=O)CC(C)C)CC3)n2)CC1. The number of likely N-dealkylation sites (tertiary alicyclic amines) is 3. The Morgan fingerprint density at radius 1 is 0.511 bits per heavy atom. The van der Waals surface area contributed by atoms with Gasteiger partial charge >= 0.3 is 0 Å². The Balaban J connectivity index is 1.39. The fraction of sp³-hybridized carbons (Fsp3) is 0.818. The number of anilines is 3. The van der Waals surface area contributed by atoms with Crippen LogP contribution in [0.3, 0.4) is 0 Å². The molecule has 3 N–H and O–H groups in total. The van der Waals surface area contributed by atoms with Gasteiger partial charge in [0.2, 0.25) is 35.6 Å². The van der Waals surface area contributed by atoms with E-state index >= 15 is 0 Å². The number of hydrogen-bond donors (Lipinski definition) is 3.